The molecular weight excluding hydrogens is 312 g/mol. The van der Waals surface area contributed by atoms with Gasteiger partial charge in [-0.25, -0.2) is 0 Å². The smallest absolute Gasteiger partial charge is 0.387 e. The standard InChI is InChI=1S/C10H9F2NO4.C5H12O/c11-10(12)17-7-3-1-2-6(4-7)9(16)13-5-8(14)15;1-5(2,3)6-4/h1-4,10H,5H2,(H,13,16)(H,14,15);1-4H3. The number of aliphatic carboxylic acids is 1. The normalized spacial score (nSPS) is 10.6. The Morgan fingerprint density at radius 2 is 1.87 bits per heavy atom. The van der Waals surface area contributed by atoms with Gasteiger partial charge in [-0.2, -0.15) is 8.78 Å². The van der Waals surface area contributed by atoms with E-state index in [0.29, 0.717) is 0 Å². The van der Waals surface area contributed by atoms with Crippen LogP contribution in [0.3, 0.4) is 0 Å². The largest absolute Gasteiger partial charge is 0.480 e. The number of benzene rings is 1. The van der Waals surface area contributed by atoms with Crippen molar-refractivity contribution in [1.29, 1.82) is 0 Å². The van der Waals surface area contributed by atoms with Gasteiger partial charge < -0.3 is 19.9 Å². The van der Waals surface area contributed by atoms with Gasteiger partial charge in [0.05, 0.1) is 5.60 Å². The van der Waals surface area contributed by atoms with Gasteiger partial charge in [0.2, 0.25) is 0 Å². The molecule has 0 unspecified atom stereocenters. The summed E-state index contributed by atoms with van der Waals surface area (Å²) in [5, 5.41) is 10.4. The van der Waals surface area contributed by atoms with Crippen LogP contribution in [-0.4, -0.2) is 42.9 Å². The lowest BCUT2D eigenvalue weighted by Crippen LogP contribution is -2.29. The fourth-order valence-corrected chi connectivity index (χ4v) is 1.07. The van der Waals surface area contributed by atoms with Crippen LogP contribution in [0.4, 0.5) is 8.78 Å². The first kappa shape index (κ1) is 20.8. The van der Waals surface area contributed by atoms with Gasteiger partial charge in [0.25, 0.3) is 5.91 Å². The van der Waals surface area contributed by atoms with E-state index in [1.807, 2.05) is 20.8 Å². The summed E-state index contributed by atoms with van der Waals surface area (Å²) >= 11 is 0. The second-order valence-corrected chi connectivity index (χ2v) is 5.30. The molecular formula is C15H21F2NO5. The molecule has 23 heavy (non-hydrogen) atoms. The summed E-state index contributed by atoms with van der Waals surface area (Å²) < 4.78 is 32.9. The average Bonchev–Trinajstić information content (AvgIpc) is 2.44. The number of rotatable bonds is 5. The second-order valence-electron chi connectivity index (χ2n) is 5.30. The topological polar surface area (TPSA) is 84.9 Å². The fourth-order valence-electron chi connectivity index (χ4n) is 1.07. The van der Waals surface area contributed by atoms with Crippen molar-refractivity contribution in [2.75, 3.05) is 13.7 Å². The molecule has 1 aromatic rings. The molecule has 0 saturated carbocycles. The first-order valence-corrected chi connectivity index (χ1v) is 6.65. The van der Waals surface area contributed by atoms with E-state index in [-0.39, 0.29) is 16.9 Å². The summed E-state index contributed by atoms with van der Waals surface area (Å²) in [5.41, 5.74) is 0.0874. The van der Waals surface area contributed by atoms with Crippen molar-refractivity contribution in [2.24, 2.45) is 0 Å². The first-order valence-electron chi connectivity index (χ1n) is 6.65. The zero-order valence-electron chi connectivity index (χ0n) is 13.4. The van der Waals surface area contributed by atoms with E-state index in [9.17, 15) is 18.4 Å². The number of carboxylic acids is 1. The van der Waals surface area contributed by atoms with Crippen molar-refractivity contribution < 1.29 is 33.0 Å². The lowest BCUT2D eigenvalue weighted by molar-refractivity contribution is -0.135. The number of ether oxygens (including phenoxy) is 2. The molecule has 130 valence electrons. The van der Waals surface area contributed by atoms with Crippen LogP contribution in [0.2, 0.25) is 0 Å². The molecule has 0 aliphatic heterocycles. The Morgan fingerprint density at radius 3 is 2.30 bits per heavy atom. The molecule has 1 amide bonds. The summed E-state index contributed by atoms with van der Waals surface area (Å²) in [6, 6.07) is 5.08. The third-order valence-electron chi connectivity index (χ3n) is 2.33. The molecule has 0 aliphatic carbocycles. The van der Waals surface area contributed by atoms with Crippen LogP contribution < -0.4 is 10.1 Å². The van der Waals surface area contributed by atoms with Gasteiger partial charge in [-0.15, -0.1) is 0 Å². The number of alkyl halides is 2. The first-order chi connectivity index (χ1) is 10.5. The Morgan fingerprint density at radius 1 is 1.30 bits per heavy atom. The number of carbonyl (C=O) groups is 2. The van der Waals surface area contributed by atoms with Crippen LogP contribution in [0.25, 0.3) is 0 Å². The highest BCUT2D eigenvalue weighted by molar-refractivity contribution is 5.96. The van der Waals surface area contributed by atoms with Crippen LogP contribution in [-0.2, 0) is 9.53 Å². The number of halogens is 2. The van der Waals surface area contributed by atoms with E-state index in [1.165, 1.54) is 18.2 Å². The Balaban J connectivity index is 0.000000688. The van der Waals surface area contributed by atoms with E-state index in [2.05, 4.69) is 10.1 Å². The van der Waals surface area contributed by atoms with Gasteiger partial charge in [0.1, 0.15) is 12.3 Å². The minimum Gasteiger partial charge on any atom is -0.480 e. The van der Waals surface area contributed by atoms with E-state index in [1.54, 1.807) is 7.11 Å². The van der Waals surface area contributed by atoms with Crippen LogP contribution in [0.15, 0.2) is 24.3 Å². The average molecular weight is 333 g/mol. The number of carboxylic acid groups (broad SMARTS) is 1. The molecule has 8 heteroatoms. The minimum absolute atomic E-state index is 0.0417. The Labute approximate surface area is 133 Å². The lowest BCUT2D eigenvalue weighted by Gasteiger charge is -2.14. The molecule has 0 aromatic heterocycles. The zero-order valence-corrected chi connectivity index (χ0v) is 13.4. The molecule has 0 aliphatic rings. The van der Waals surface area contributed by atoms with Crippen LogP contribution in [0, 0.1) is 0 Å². The maximum Gasteiger partial charge on any atom is 0.387 e. The van der Waals surface area contributed by atoms with Gasteiger partial charge in [-0.05, 0) is 39.0 Å². The SMILES string of the molecule is COC(C)(C)C.O=C(O)CNC(=O)c1cccc(OC(F)F)c1. The molecule has 0 saturated heterocycles. The Kier molecular flexibility index (Phi) is 8.79. The van der Waals surface area contributed by atoms with Gasteiger partial charge in [-0.1, -0.05) is 6.07 Å². The summed E-state index contributed by atoms with van der Waals surface area (Å²) in [5.74, 6) is -2.03. The quantitative estimate of drug-likeness (QED) is 0.865. The Hall–Kier alpha value is -2.22. The number of nitrogens with one attached hydrogen (secondary N) is 1. The summed E-state index contributed by atoms with van der Waals surface area (Å²) in [6.07, 6.45) is 0. The number of carbonyl (C=O) groups excluding carboxylic acids is 1. The van der Waals surface area contributed by atoms with E-state index < -0.39 is 25.0 Å². The predicted octanol–water partition coefficient (Wildman–Crippen LogP) is 2.53. The van der Waals surface area contributed by atoms with Crippen LogP contribution >= 0.6 is 0 Å². The van der Waals surface area contributed by atoms with Crippen molar-refractivity contribution in [2.45, 2.75) is 33.0 Å². The highest BCUT2D eigenvalue weighted by Gasteiger charge is 2.10. The molecule has 0 fully saturated rings. The van der Waals surface area contributed by atoms with E-state index in [4.69, 9.17) is 9.84 Å². The maximum absolute atomic E-state index is 11.9. The van der Waals surface area contributed by atoms with Crippen molar-refractivity contribution in [3.8, 4) is 5.75 Å². The Bertz CT molecular complexity index is 515. The number of hydrogen-bond donors (Lipinski definition) is 2. The summed E-state index contributed by atoms with van der Waals surface area (Å²) in [6.45, 7) is 2.54. The molecule has 6 nitrogen and oxygen atoms in total. The molecule has 0 heterocycles. The monoisotopic (exact) mass is 333 g/mol. The highest BCUT2D eigenvalue weighted by Crippen LogP contribution is 2.15. The van der Waals surface area contributed by atoms with Crippen molar-refractivity contribution >= 4 is 11.9 Å². The lowest BCUT2D eigenvalue weighted by atomic mass is 10.2. The minimum atomic E-state index is -2.98. The van der Waals surface area contributed by atoms with Crippen LogP contribution in [0.5, 0.6) is 5.75 Å². The second kappa shape index (κ2) is 9.73. The molecule has 0 radical (unpaired) electrons. The zero-order chi connectivity index (χ0) is 18.0. The van der Waals surface area contributed by atoms with Gasteiger partial charge in [-0.3, -0.25) is 9.59 Å². The van der Waals surface area contributed by atoms with Crippen LogP contribution in [0.1, 0.15) is 31.1 Å². The van der Waals surface area contributed by atoms with Gasteiger partial charge >= 0.3 is 12.6 Å². The molecule has 0 bridgehead atoms. The van der Waals surface area contributed by atoms with Gasteiger partial charge in [0.15, 0.2) is 0 Å². The predicted molar refractivity (Wildman–Crippen MR) is 79.8 cm³/mol. The fraction of sp³-hybridized carbons (Fsp3) is 0.467. The molecule has 0 atom stereocenters. The van der Waals surface area contributed by atoms with Crippen molar-refractivity contribution in [3.63, 3.8) is 0 Å². The number of amides is 1. The summed E-state index contributed by atoms with van der Waals surface area (Å²) in [7, 11) is 1.71. The van der Waals surface area contributed by atoms with Gasteiger partial charge in [0, 0.05) is 12.7 Å². The number of hydrogen-bond acceptors (Lipinski definition) is 4. The van der Waals surface area contributed by atoms with E-state index in [0.717, 1.165) is 6.07 Å². The van der Waals surface area contributed by atoms with Crippen molar-refractivity contribution in [3.05, 3.63) is 29.8 Å². The molecule has 1 aromatic carbocycles. The highest BCUT2D eigenvalue weighted by atomic mass is 19.3. The number of methoxy groups -OCH3 is 1. The third-order valence-corrected chi connectivity index (χ3v) is 2.33. The van der Waals surface area contributed by atoms with E-state index >= 15 is 0 Å². The van der Waals surface area contributed by atoms with Crippen molar-refractivity contribution in [1.82, 2.24) is 5.32 Å². The molecule has 1 rings (SSSR count). The third kappa shape index (κ3) is 11.1. The maximum atomic E-state index is 11.9. The molecule has 2 N–H and O–H groups in total. The molecule has 0 spiro atoms. The summed E-state index contributed by atoms with van der Waals surface area (Å²) in [4.78, 5) is 21.6.